The van der Waals surface area contributed by atoms with Crippen LogP contribution in [0.2, 0.25) is 5.02 Å². The summed E-state index contributed by atoms with van der Waals surface area (Å²) in [6.07, 6.45) is 0. The molecule has 7 aromatic carbocycles. The third-order valence-electron chi connectivity index (χ3n) is 10.5. The van der Waals surface area contributed by atoms with Gasteiger partial charge in [-0.2, -0.15) is 0 Å². The van der Waals surface area contributed by atoms with Crippen molar-refractivity contribution in [1.29, 1.82) is 0 Å². The maximum Gasteiger partial charge on any atom is 0.164 e. The summed E-state index contributed by atoms with van der Waals surface area (Å²) in [5, 5.41) is 5.25. The second-order valence-electron chi connectivity index (χ2n) is 13.8. The Kier molecular flexibility index (Phi) is 6.55. The second kappa shape index (κ2) is 11.2. The van der Waals surface area contributed by atoms with Gasteiger partial charge in [0.15, 0.2) is 17.5 Å². The molecule has 242 valence electrons. The maximum absolute atomic E-state index is 6.74. The topological polar surface area (TPSA) is 43.6 Å². The Bertz CT molecular complexity index is 2780. The quantitative estimate of drug-likeness (QED) is 0.187. The third kappa shape index (κ3) is 4.57. The minimum atomic E-state index is -0.100. The molecule has 0 unspecified atom stereocenters. The average molecular weight is 675 g/mol. The van der Waals surface area contributed by atoms with Crippen molar-refractivity contribution >= 4 is 44.2 Å². The van der Waals surface area contributed by atoms with E-state index in [1.807, 2.05) is 66.7 Å². The molecule has 9 aromatic rings. The summed E-state index contributed by atoms with van der Waals surface area (Å²) in [6.45, 7) is 4.67. The van der Waals surface area contributed by atoms with E-state index in [9.17, 15) is 0 Å². The summed E-state index contributed by atoms with van der Waals surface area (Å²) in [6, 6.07) is 53.0. The lowest BCUT2D eigenvalue weighted by molar-refractivity contribution is 0.661. The van der Waals surface area contributed by atoms with Gasteiger partial charge in [0, 0.05) is 43.3 Å². The van der Waals surface area contributed by atoms with Gasteiger partial charge in [-0.25, -0.2) is 15.0 Å². The lowest BCUT2D eigenvalue weighted by atomic mass is 9.82. The molecular formula is C46H31ClN4. The van der Waals surface area contributed by atoms with Crippen LogP contribution in [0.4, 0.5) is 0 Å². The fourth-order valence-electron chi connectivity index (χ4n) is 8.05. The first-order valence-electron chi connectivity index (χ1n) is 17.2. The Labute approximate surface area is 300 Å². The number of nitrogens with zero attached hydrogens (tertiary/aromatic N) is 4. The molecule has 2 heterocycles. The van der Waals surface area contributed by atoms with E-state index in [4.69, 9.17) is 26.6 Å². The van der Waals surface area contributed by atoms with Crippen molar-refractivity contribution in [3.63, 3.8) is 0 Å². The van der Waals surface area contributed by atoms with Crippen LogP contribution in [0.1, 0.15) is 25.0 Å². The zero-order valence-corrected chi connectivity index (χ0v) is 28.9. The summed E-state index contributed by atoms with van der Waals surface area (Å²) in [4.78, 5) is 15.1. The van der Waals surface area contributed by atoms with Crippen molar-refractivity contribution in [2.45, 2.75) is 19.3 Å². The molecule has 0 fully saturated rings. The number of hydrogen-bond acceptors (Lipinski definition) is 3. The van der Waals surface area contributed by atoms with Crippen molar-refractivity contribution in [3.8, 4) is 51.0 Å². The highest BCUT2D eigenvalue weighted by molar-refractivity contribution is 6.31. The first-order chi connectivity index (χ1) is 25.0. The molecule has 4 nitrogen and oxygen atoms in total. The van der Waals surface area contributed by atoms with Crippen LogP contribution in [0, 0.1) is 0 Å². The van der Waals surface area contributed by atoms with Gasteiger partial charge < -0.3 is 4.57 Å². The Morgan fingerprint density at radius 3 is 1.78 bits per heavy atom. The van der Waals surface area contributed by atoms with E-state index in [2.05, 4.69) is 103 Å². The highest BCUT2D eigenvalue weighted by atomic mass is 35.5. The van der Waals surface area contributed by atoms with Gasteiger partial charge >= 0.3 is 0 Å². The van der Waals surface area contributed by atoms with Crippen molar-refractivity contribution in [1.82, 2.24) is 19.5 Å². The fraction of sp³-hybridized carbons (Fsp3) is 0.0652. The largest absolute Gasteiger partial charge is 0.309 e. The normalized spacial score (nSPS) is 13.2. The van der Waals surface area contributed by atoms with Gasteiger partial charge in [0.1, 0.15) is 0 Å². The molecule has 51 heavy (non-hydrogen) atoms. The number of fused-ring (bicyclic) bond motifs is 7. The van der Waals surface area contributed by atoms with E-state index in [1.54, 1.807) is 0 Å². The monoisotopic (exact) mass is 674 g/mol. The molecule has 5 heteroatoms. The van der Waals surface area contributed by atoms with Crippen molar-refractivity contribution < 1.29 is 0 Å². The smallest absolute Gasteiger partial charge is 0.164 e. The SMILES string of the molecule is CC1(C)c2ccccc2-c2cc3c(cc21)c1ccc(Cl)cc1n3-c1ccc(-c2nc(-c3ccccc3)nc(-c3ccccc3)n2)c2ccccc12. The van der Waals surface area contributed by atoms with Crippen molar-refractivity contribution in [2.75, 3.05) is 0 Å². The maximum atomic E-state index is 6.74. The van der Waals surface area contributed by atoms with E-state index >= 15 is 0 Å². The zero-order valence-electron chi connectivity index (χ0n) is 28.1. The van der Waals surface area contributed by atoms with Crippen LogP contribution in [0.3, 0.4) is 0 Å². The Morgan fingerprint density at radius 2 is 1.06 bits per heavy atom. The van der Waals surface area contributed by atoms with Crippen molar-refractivity contribution in [2.24, 2.45) is 0 Å². The molecule has 0 bridgehead atoms. The van der Waals surface area contributed by atoms with Crippen LogP contribution < -0.4 is 0 Å². The van der Waals surface area contributed by atoms with Crippen LogP contribution in [0.25, 0.3) is 83.6 Å². The molecule has 0 radical (unpaired) electrons. The molecule has 0 spiro atoms. The summed E-state index contributed by atoms with van der Waals surface area (Å²) in [7, 11) is 0. The van der Waals surface area contributed by atoms with E-state index in [1.165, 1.54) is 33.0 Å². The van der Waals surface area contributed by atoms with Gasteiger partial charge in [-0.3, -0.25) is 0 Å². The van der Waals surface area contributed by atoms with Gasteiger partial charge in [-0.15, -0.1) is 0 Å². The standard InChI is InChI=1S/C46H31ClN4/c1-46(2)38-20-12-11-18-32(38)36-27-42-37(26-39(36)46)34-22-21-30(47)25-41(34)51(42)40-24-23-35(31-17-9-10-19-33(31)40)45-49-43(28-13-5-3-6-14-28)48-44(50-45)29-15-7-4-8-16-29/h3-27H,1-2H3. The number of hydrogen-bond donors (Lipinski definition) is 0. The lowest BCUT2D eigenvalue weighted by Crippen LogP contribution is -2.14. The molecule has 0 atom stereocenters. The third-order valence-corrected chi connectivity index (χ3v) is 10.7. The highest BCUT2D eigenvalue weighted by Gasteiger charge is 2.36. The van der Waals surface area contributed by atoms with E-state index in [-0.39, 0.29) is 5.41 Å². The Hall–Kier alpha value is -6.10. The highest BCUT2D eigenvalue weighted by Crippen LogP contribution is 2.51. The predicted octanol–water partition coefficient (Wildman–Crippen LogP) is 12.1. The van der Waals surface area contributed by atoms with Crippen LogP contribution in [-0.4, -0.2) is 19.5 Å². The summed E-state index contributed by atoms with van der Waals surface area (Å²) < 4.78 is 2.38. The Balaban J connectivity index is 1.24. The molecule has 2 aromatic heterocycles. The minimum absolute atomic E-state index is 0.100. The first kappa shape index (κ1) is 29.8. The number of benzene rings is 7. The molecule has 0 saturated carbocycles. The van der Waals surface area contributed by atoms with Gasteiger partial charge in [-0.1, -0.05) is 141 Å². The first-order valence-corrected chi connectivity index (χ1v) is 17.6. The summed E-state index contributed by atoms with van der Waals surface area (Å²) in [5.41, 5.74) is 11.3. The predicted molar refractivity (Wildman–Crippen MR) is 211 cm³/mol. The molecule has 10 rings (SSSR count). The molecule has 0 amide bonds. The molecular weight excluding hydrogens is 644 g/mol. The van der Waals surface area contributed by atoms with E-state index in [0.717, 1.165) is 44.2 Å². The average Bonchev–Trinajstić information content (AvgIpc) is 3.61. The van der Waals surface area contributed by atoms with Gasteiger partial charge in [0.05, 0.1) is 16.7 Å². The number of aromatic nitrogens is 4. The van der Waals surface area contributed by atoms with E-state index in [0.29, 0.717) is 22.5 Å². The molecule has 0 saturated heterocycles. The van der Waals surface area contributed by atoms with Crippen molar-refractivity contribution in [3.05, 3.63) is 168 Å². The Morgan fingerprint density at radius 1 is 0.451 bits per heavy atom. The minimum Gasteiger partial charge on any atom is -0.309 e. The molecule has 1 aliphatic carbocycles. The van der Waals surface area contributed by atoms with Gasteiger partial charge in [0.2, 0.25) is 0 Å². The number of rotatable bonds is 4. The van der Waals surface area contributed by atoms with Crippen LogP contribution >= 0.6 is 11.6 Å². The molecule has 0 aliphatic heterocycles. The molecule has 0 N–H and O–H groups in total. The zero-order chi connectivity index (χ0) is 34.3. The van der Waals surface area contributed by atoms with Crippen LogP contribution in [-0.2, 0) is 5.41 Å². The second-order valence-corrected chi connectivity index (χ2v) is 14.2. The summed E-state index contributed by atoms with van der Waals surface area (Å²) >= 11 is 6.74. The molecule has 1 aliphatic rings. The van der Waals surface area contributed by atoms with Crippen LogP contribution in [0.15, 0.2) is 152 Å². The van der Waals surface area contributed by atoms with Crippen LogP contribution in [0.5, 0.6) is 0 Å². The van der Waals surface area contributed by atoms with Gasteiger partial charge in [0.25, 0.3) is 0 Å². The number of halogens is 1. The summed E-state index contributed by atoms with van der Waals surface area (Å²) in [5.74, 6) is 1.91. The van der Waals surface area contributed by atoms with Gasteiger partial charge in [-0.05, 0) is 64.0 Å². The fourth-order valence-corrected chi connectivity index (χ4v) is 8.21. The van der Waals surface area contributed by atoms with E-state index < -0.39 is 0 Å². The lowest BCUT2D eigenvalue weighted by Gasteiger charge is -2.21.